The van der Waals surface area contributed by atoms with Gasteiger partial charge in [-0.2, -0.15) is 0 Å². The number of ether oxygens (including phenoxy) is 2. The van der Waals surface area contributed by atoms with Crippen molar-refractivity contribution in [3.05, 3.63) is 17.7 Å². The van der Waals surface area contributed by atoms with Gasteiger partial charge in [-0.05, 0) is 6.07 Å². The largest absolute Gasteiger partial charge is 0.507 e. The van der Waals surface area contributed by atoms with E-state index in [-0.39, 0.29) is 12.2 Å². The van der Waals surface area contributed by atoms with E-state index in [9.17, 15) is 9.90 Å². The van der Waals surface area contributed by atoms with Crippen molar-refractivity contribution in [2.45, 2.75) is 12.5 Å². The van der Waals surface area contributed by atoms with Crippen molar-refractivity contribution in [3.63, 3.8) is 0 Å². The highest BCUT2D eigenvalue weighted by Gasteiger charge is 2.20. The molecule has 4 N–H and O–H groups in total. The van der Waals surface area contributed by atoms with Crippen molar-refractivity contribution < 1.29 is 24.5 Å². The van der Waals surface area contributed by atoms with Gasteiger partial charge < -0.3 is 25.4 Å². The topological polar surface area (TPSA) is 102 Å². The van der Waals surface area contributed by atoms with Crippen LogP contribution in [0.3, 0.4) is 0 Å². The number of aliphatic carboxylic acids is 1. The molecule has 0 amide bonds. The van der Waals surface area contributed by atoms with Gasteiger partial charge in [0.25, 0.3) is 0 Å². The van der Waals surface area contributed by atoms with Gasteiger partial charge in [0.2, 0.25) is 0 Å². The van der Waals surface area contributed by atoms with E-state index in [0.717, 1.165) is 0 Å². The molecule has 1 aliphatic heterocycles. The zero-order valence-electron chi connectivity index (χ0n) is 9.05. The average Bonchev–Trinajstić information content (AvgIpc) is 2.27. The molecule has 92 valence electrons. The summed E-state index contributed by atoms with van der Waals surface area (Å²) in [5.74, 6) is -0.181. The summed E-state index contributed by atoms with van der Waals surface area (Å²) in [5, 5.41) is 18.4. The molecule has 17 heavy (non-hydrogen) atoms. The maximum Gasteiger partial charge on any atom is 0.305 e. The summed E-state index contributed by atoms with van der Waals surface area (Å²) in [6.45, 7) is 0.846. The molecule has 6 heteroatoms. The normalized spacial score (nSPS) is 15.4. The number of nitrogens with two attached hydrogens (primary N) is 1. The molecule has 0 bridgehead atoms. The van der Waals surface area contributed by atoms with Gasteiger partial charge in [0.05, 0.1) is 6.42 Å². The lowest BCUT2D eigenvalue weighted by atomic mass is 10.0. The number of phenolic OH excluding ortho intramolecular Hbond substituents is 1. The van der Waals surface area contributed by atoms with Crippen molar-refractivity contribution in [3.8, 4) is 17.2 Å². The predicted molar refractivity (Wildman–Crippen MR) is 58.3 cm³/mol. The van der Waals surface area contributed by atoms with Crippen LogP contribution >= 0.6 is 0 Å². The fraction of sp³-hybridized carbons (Fsp3) is 0.364. The molecule has 0 radical (unpaired) electrons. The molecule has 0 spiro atoms. The number of aromatic hydroxyl groups is 1. The van der Waals surface area contributed by atoms with E-state index in [4.69, 9.17) is 20.3 Å². The van der Waals surface area contributed by atoms with Crippen LogP contribution in [-0.2, 0) is 4.79 Å². The predicted octanol–water partition coefficient (Wildman–Crippen LogP) is 0.638. The Morgan fingerprint density at radius 2 is 1.94 bits per heavy atom. The zero-order valence-corrected chi connectivity index (χ0v) is 9.05. The molecule has 1 unspecified atom stereocenters. The first kappa shape index (κ1) is 11.5. The van der Waals surface area contributed by atoms with Crippen LogP contribution in [0.4, 0.5) is 0 Å². The van der Waals surface area contributed by atoms with Crippen LogP contribution in [0.25, 0.3) is 0 Å². The molecular weight excluding hydrogens is 226 g/mol. The SMILES string of the molecule is NC(CC(=O)O)c1cc2c(cc1O)OCCO2. The summed E-state index contributed by atoms with van der Waals surface area (Å²) >= 11 is 0. The molecule has 1 aliphatic rings. The highest BCUT2D eigenvalue weighted by atomic mass is 16.6. The first-order valence-corrected chi connectivity index (χ1v) is 5.18. The number of fused-ring (bicyclic) bond motifs is 1. The summed E-state index contributed by atoms with van der Waals surface area (Å²) in [6.07, 6.45) is -0.257. The summed E-state index contributed by atoms with van der Waals surface area (Å²) in [5.41, 5.74) is 6.04. The second kappa shape index (κ2) is 4.50. The fourth-order valence-electron chi connectivity index (χ4n) is 1.69. The van der Waals surface area contributed by atoms with Gasteiger partial charge >= 0.3 is 5.97 Å². The number of carboxylic acid groups (broad SMARTS) is 1. The van der Waals surface area contributed by atoms with Crippen LogP contribution in [0, 0.1) is 0 Å². The second-order valence-corrected chi connectivity index (χ2v) is 3.76. The summed E-state index contributed by atoms with van der Waals surface area (Å²) in [6, 6.07) is 2.14. The first-order valence-electron chi connectivity index (χ1n) is 5.18. The second-order valence-electron chi connectivity index (χ2n) is 3.76. The van der Waals surface area contributed by atoms with Crippen LogP contribution in [0.2, 0.25) is 0 Å². The Hall–Kier alpha value is -1.95. The number of hydrogen-bond donors (Lipinski definition) is 3. The molecule has 0 aromatic heterocycles. The number of carboxylic acids is 1. The minimum atomic E-state index is -1.02. The number of phenols is 1. The maximum absolute atomic E-state index is 10.6. The van der Waals surface area contributed by atoms with Crippen molar-refractivity contribution in [1.82, 2.24) is 0 Å². The Bertz CT molecular complexity index is 446. The van der Waals surface area contributed by atoms with Crippen LogP contribution in [0.5, 0.6) is 17.2 Å². The van der Waals surface area contributed by atoms with E-state index in [1.807, 2.05) is 0 Å². The van der Waals surface area contributed by atoms with E-state index in [1.165, 1.54) is 12.1 Å². The molecule has 0 fully saturated rings. The standard InChI is InChI=1S/C11H13NO5/c12-7(4-11(14)15)6-3-9-10(5-8(6)13)17-2-1-16-9/h3,5,7,13H,1-2,4,12H2,(H,14,15). The third-order valence-electron chi connectivity index (χ3n) is 2.49. The Morgan fingerprint density at radius 3 is 2.53 bits per heavy atom. The van der Waals surface area contributed by atoms with E-state index < -0.39 is 12.0 Å². The highest BCUT2D eigenvalue weighted by Crippen LogP contribution is 2.38. The lowest BCUT2D eigenvalue weighted by Gasteiger charge is -2.21. The maximum atomic E-state index is 10.6. The Kier molecular flexibility index (Phi) is 3.06. The van der Waals surface area contributed by atoms with Crippen molar-refractivity contribution in [1.29, 1.82) is 0 Å². The number of rotatable bonds is 3. The molecule has 0 saturated carbocycles. The molecule has 2 rings (SSSR count). The first-order chi connectivity index (χ1) is 8.08. The Balaban J connectivity index is 2.31. The van der Waals surface area contributed by atoms with Crippen LogP contribution in [-0.4, -0.2) is 29.4 Å². The minimum absolute atomic E-state index is 0.0806. The quantitative estimate of drug-likeness (QED) is 0.715. The fourth-order valence-corrected chi connectivity index (χ4v) is 1.69. The summed E-state index contributed by atoms with van der Waals surface area (Å²) in [4.78, 5) is 10.6. The lowest BCUT2D eigenvalue weighted by molar-refractivity contribution is -0.137. The number of hydrogen-bond acceptors (Lipinski definition) is 5. The van der Waals surface area contributed by atoms with Crippen LogP contribution in [0.15, 0.2) is 12.1 Å². The third-order valence-corrected chi connectivity index (χ3v) is 2.49. The Morgan fingerprint density at radius 1 is 1.35 bits per heavy atom. The van der Waals surface area contributed by atoms with Crippen molar-refractivity contribution in [2.24, 2.45) is 5.73 Å². The Labute approximate surface area is 97.6 Å². The van der Waals surface area contributed by atoms with Gasteiger partial charge in [0.1, 0.15) is 19.0 Å². The number of benzene rings is 1. The number of carbonyl (C=O) groups is 1. The van der Waals surface area contributed by atoms with Crippen molar-refractivity contribution in [2.75, 3.05) is 13.2 Å². The zero-order chi connectivity index (χ0) is 12.4. The van der Waals surface area contributed by atoms with Gasteiger partial charge in [-0.3, -0.25) is 4.79 Å². The molecule has 6 nitrogen and oxygen atoms in total. The summed E-state index contributed by atoms with van der Waals surface area (Å²) < 4.78 is 10.6. The molecule has 1 heterocycles. The van der Waals surface area contributed by atoms with E-state index in [1.54, 1.807) is 0 Å². The van der Waals surface area contributed by atoms with E-state index in [2.05, 4.69) is 0 Å². The molecule has 0 saturated heterocycles. The van der Waals surface area contributed by atoms with Crippen molar-refractivity contribution >= 4 is 5.97 Å². The summed E-state index contributed by atoms with van der Waals surface area (Å²) in [7, 11) is 0. The molecule has 1 aromatic rings. The van der Waals surface area contributed by atoms with Gasteiger partial charge in [0.15, 0.2) is 11.5 Å². The molecule has 1 atom stereocenters. The van der Waals surface area contributed by atoms with Gasteiger partial charge in [-0.1, -0.05) is 0 Å². The smallest absolute Gasteiger partial charge is 0.305 e. The van der Waals surface area contributed by atoms with Crippen LogP contribution in [0.1, 0.15) is 18.0 Å². The average molecular weight is 239 g/mol. The van der Waals surface area contributed by atoms with Gasteiger partial charge in [0, 0.05) is 17.7 Å². The monoisotopic (exact) mass is 239 g/mol. The minimum Gasteiger partial charge on any atom is -0.507 e. The third kappa shape index (κ3) is 2.42. The highest BCUT2D eigenvalue weighted by molar-refractivity contribution is 5.68. The van der Waals surface area contributed by atoms with E-state index >= 15 is 0 Å². The molecular formula is C11H13NO5. The van der Waals surface area contributed by atoms with Gasteiger partial charge in [-0.15, -0.1) is 0 Å². The van der Waals surface area contributed by atoms with Crippen LogP contribution < -0.4 is 15.2 Å². The van der Waals surface area contributed by atoms with Gasteiger partial charge in [-0.25, -0.2) is 0 Å². The van der Waals surface area contributed by atoms with E-state index in [0.29, 0.717) is 30.3 Å². The molecule has 1 aromatic carbocycles. The molecule has 0 aliphatic carbocycles. The lowest BCUT2D eigenvalue weighted by Crippen LogP contribution is -2.18.